The maximum absolute atomic E-state index is 12.3. The van der Waals surface area contributed by atoms with Crippen LogP contribution in [0.4, 0.5) is 0 Å². The third-order valence-corrected chi connectivity index (χ3v) is 6.49. The van der Waals surface area contributed by atoms with Crippen molar-refractivity contribution in [1.82, 2.24) is 4.31 Å². The Morgan fingerprint density at radius 3 is 2.41 bits per heavy atom. The number of hydrogen-bond acceptors (Lipinski definition) is 5. The molecule has 8 heteroatoms. The van der Waals surface area contributed by atoms with Gasteiger partial charge in [0.15, 0.2) is 5.85 Å². The molecule has 0 spiro atoms. The van der Waals surface area contributed by atoms with Gasteiger partial charge in [0.05, 0.1) is 0 Å². The van der Waals surface area contributed by atoms with Gasteiger partial charge in [0.2, 0.25) is 11.3 Å². The van der Waals surface area contributed by atoms with Gasteiger partial charge >= 0.3 is 7.60 Å². The Bertz CT molecular complexity index is 340. The molecule has 0 aromatic heterocycles. The van der Waals surface area contributed by atoms with E-state index in [0.29, 0.717) is 13.1 Å². The summed E-state index contributed by atoms with van der Waals surface area (Å²) in [5.41, 5.74) is -0.467. The van der Waals surface area contributed by atoms with Crippen LogP contribution in [0.25, 0.3) is 0 Å². The quantitative estimate of drug-likeness (QED) is 0.736. The summed E-state index contributed by atoms with van der Waals surface area (Å²) in [6.07, 6.45) is 0. The van der Waals surface area contributed by atoms with Crippen LogP contribution in [0.3, 0.4) is 0 Å². The molecule has 1 saturated heterocycles. The molecule has 102 valence electrons. The first-order valence-electron chi connectivity index (χ1n) is 5.36. The minimum atomic E-state index is -3.39. The molecule has 0 saturated carbocycles. The van der Waals surface area contributed by atoms with Crippen molar-refractivity contribution in [3.05, 3.63) is 0 Å². The molecule has 2 atom stereocenters. The van der Waals surface area contributed by atoms with Crippen LogP contribution in [-0.2, 0) is 29.1 Å². The van der Waals surface area contributed by atoms with E-state index in [9.17, 15) is 8.77 Å². The summed E-state index contributed by atoms with van der Waals surface area (Å²) in [5.74, 6) is -0.825. The summed E-state index contributed by atoms with van der Waals surface area (Å²) in [6, 6.07) is 0. The van der Waals surface area contributed by atoms with Crippen LogP contribution in [0.5, 0.6) is 0 Å². The largest absolute Gasteiger partial charge is 0.360 e. The average molecular weight is 285 g/mol. The topological polar surface area (TPSA) is 65.1 Å². The van der Waals surface area contributed by atoms with Gasteiger partial charge in [-0.05, 0) is 0 Å². The van der Waals surface area contributed by atoms with Crippen LogP contribution >= 0.6 is 7.60 Å². The van der Waals surface area contributed by atoms with Crippen LogP contribution < -0.4 is 0 Å². The molecule has 0 aromatic rings. The number of nitrogens with zero attached hydrogens (tertiary/aromatic N) is 1. The van der Waals surface area contributed by atoms with E-state index in [2.05, 4.69) is 0 Å². The highest BCUT2D eigenvalue weighted by molar-refractivity contribution is 7.78. The molecule has 0 radical (unpaired) electrons. The van der Waals surface area contributed by atoms with Crippen LogP contribution in [0.15, 0.2) is 0 Å². The Morgan fingerprint density at radius 2 is 2.00 bits per heavy atom. The van der Waals surface area contributed by atoms with Gasteiger partial charge in [-0.2, -0.15) is 0 Å². The zero-order valence-electron chi connectivity index (χ0n) is 10.8. The molecular weight excluding hydrogens is 265 g/mol. The number of hydrogen-bond donors (Lipinski definition) is 0. The predicted molar refractivity (Wildman–Crippen MR) is 65.7 cm³/mol. The summed E-state index contributed by atoms with van der Waals surface area (Å²) >= 11 is -1.60. The Kier molecular flexibility index (Phi) is 4.91. The third-order valence-electron chi connectivity index (χ3n) is 2.79. The lowest BCUT2D eigenvalue weighted by Crippen LogP contribution is -2.50. The van der Waals surface area contributed by atoms with E-state index in [0.717, 1.165) is 0 Å². The van der Waals surface area contributed by atoms with E-state index in [1.54, 1.807) is 4.31 Å². The van der Waals surface area contributed by atoms with Gasteiger partial charge in [0.1, 0.15) is 0 Å². The Morgan fingerprint density at radius 1 is 1.47 bits per heavy atom. The summed E-state index contributed by atoms with van der Waals surface area (Å²) in [7, 11) is -0.786. The van der Waals surface area contributed by atoms with E-state index < -0.39 is 30.1 Å². The van der Waals surface area contributed by atoms with Gasteiger partial charge < -0.3 is 9.05 Å². The Balaban J connectivity index is 3.02. The molecule has 1 aliphatic heterocycles. The Hall–Kier alpha value is 0.220. The smallest absolute Gasteiger partial charge is 0.310 e. The van der Waals surface area contributed by atoms with E-state index in [-0.39, 0.29) is 0 Å². The lowest BCUT2D eigenvalue weighted by Gasteiger charge is -2.43. The van der Waals surface area contributed by atoms with Crippen molar-refractivity contribution in [2.24, 2.45) is 5.41 Å². The first kappa shape index (κ1) is 15.3. The van der Waals surface area contributed by atoms with E-state index in [1.807, 2.05) is 20.8 Å². The molecular formula is C9H20NO5PS. The zero-order valence-corrected chi connectivity index (χ0v) is 12.5. The summed E-state index contributed by atoms with van der Waals surface area (Å²) in [5, 5.41) is 0. The fourth-order valence-electron chi connectivity index (χ4n) is 1.82. The second-order valence-electron chi connectivity index (χ2n) is 4.52. The van der Waals surface area contributed by atoms with Crippen molar-refractivity contribution >= 4 is 18.9 Å². The van der Waals surface area contributed by atoms with Crippen LogP contribution in [0, 0.1) is 5.41 Å². The predicted octanol–water partition coefficient (Wildman–Crippen LogP) is 1.76. The second kappa shape index (κ2) is 5.47. The van der Waals surface area contributed by atoms with Gasteiger partial charge in [-0.25, -0.2) is 8.51 Å². The molecule has 1 heterocycles. The van der Waals surface area contributed by atoms with Gasteiger partial charge in [-0.15, -0.1) is 0 Å². The Labute approximate surface area is 105 Å². The summed E-state index contributed by atoms with van der Waals surface area (Å²) in [6.45, 7) is 6.79. The number of rotatable bonds is 4. The molecule has 1 fully saturated rings. The maximum atomic E-state index is 12.3. The molecule has 2 unspecified atom stereocenters. The molecule has 6 nitrogen and oxygen atoms in total. The van der Waals surface area contributed by atoms with E-state index in [4.69, 9.17) is 13.2 Å². The molecule has 0 aliphatic carbocycles. The van der Waals surface area contributed by atoms with E-state index in [1.165, 1.54) is 14.2 Å². The average Bonchev–Trinajstić information content (AvgIpc) is 2.30. The highest BCUT2D eigenvalue weighted by atomic mass is 32.2. The fraction of sp³-hybridized carbons (Fsp3) is 1.00. The van der Waals surface area contributed by atoms with Crippen molar-refractivity contribution in [2.75, 3.05) is 27.3 Å². The minimum absolute atomic E-state index is 0.467. The molecule has 1 rings (SSSR count). The molecule has 0 amide bonds. The lowest BCUT2D eigenvalue weighted by atomic mass is 9.94. The fourth-order valence-corrected chi connectivity index (χ4v) is 5.12. The van der Waals surface area contributed by atoms with Gasteiger partial charge in [0, 0.05) is 32.7 Å². The monoisotopic (exact) mass is 285 g/mol. The normalized spacial score (nSPS) is 30.4. The molecule has 0 bridgehead atoms. The highest BCUT2D eigenvalue weighted by Crippen LogP contribution is 2.59. The summed E-state index contributed by atoms with van der Waals surface area (Å²) in [4.78, 5) is 0. The molecule has 1 aliphatic rings. The summed E-state index contributed by atoms with van der Waals surface area (Å²) < 4.78 is 41.0. The SMILES string of the molecule is CCN1CC(C)(C)C(P(=O)(OC)OC)OS1=O. The zero-order chi connectivity index (χ0) is 13.3. The maximum Gasteiger partial charge on any atom is 0.360 e. The highest BCUT2D eigenvalue weighted by Gasteiger charge is 2.51. The first-order chi connectivity index (χ1) is 7.80. The minimum Gasteiger partial charge on any atom is -0.310 e. The van der Waals surface area contributed by atoms with Crippen LogP contribution in [-0.4, -0.2) is 41.7 Å². The standard InChI is InChI=1S/C9H20NO5PS/c1-6-10-7-9(2,3)8(15-17(10)12)16(11,13-4)14-5/h8H,6-7H2,1-5H3. The molecule has 0 aromatic carbocycles. The lowest BCUT2D eigenvalue weighted by molar-refractivity contribution is 0.0606. The van der Waals surface area contributed by atoms with Gasteiger partial charge in [0.25, 0.3) is 0 Å². The third kappa shape index (κ3) is 2.97. The van der Waals surface area contributed by atoms with Crippen molar-refractivity contribution in [3.63, 3.8) is 0 Å². The van der Waals surface area contributed by atoms with Gasteiger partial charge in [-0.1, -0.05) is 20.8 Å². The van der Waals surface area contributed by atoms with Crippen molar-refractivity contribution in [3.8, 4) is 0 Å². The van der Waals surface area contributed by atoms with Crippen molar-refractivity contribution < 1.29 is 22.0 Å². The second-order valence-corrected chi connectivity index (χ2v) is 7.94. The van der Waals surface area contributed by atoms with Crippen LogP contribution in [0.2, 0.25) is 0 Å². The van der Waals surface area contributed by atoms with Gasteiger partial charge in [-0.3, -0.25) is 8.75 Å². The van der Waals surface area contributed by atoms with E-state index >= 15 is 0 Å². The van der Waals surface area contributed by atoms with Crippen molar-refractivity contribution in [2.45, 2.75) is 26.6 Å². The molecule has 0 N–H and O–H groups in total. The van der Waals surface area contributed by atoms with Crippen LogP contribution in [0.1, 0.15) is 20.8 Å². The first-order valence-corrected chi connectivity index (χ1v) is 8.00. The van der Waals surface area contributed by atoms with Crippen molar-refractivity contribution in [1.29, 1.82) is 0 Å². The molecule has 17 heavy (non-hydrogen) atoms.